The molecule has 0 radical (unpaired) electrons. The number of piperazine rings is 1. The lowest BCUT2D eigenvalue weighted by atomic mass is 10.1. The third kappa shape index (κ3) is 3.11. The molecule has 2 aromatic rings. The third-order valence-electron chi connectivity index (χ3n) is 4.42. The average Bonchev–Trinajstić information content (AvgIpc) is 2.95. The Labute approximate surface area is 149 Å². The van der Waals surface area contributed by atoms with Gasteiger partial charge >= 0.3 is 0 Å². The molecule has 6 nitrogen and oxygen atoms in total. The molecule has 2 aliphatic rings. The van der Waals surface area contributed by atoms with Crippen molar-refractivity contribution in [2.75, 3.05) is 35.2 Å². The summed E-state index contributed by atoms with van der Waals surface area (Å²) < 4.78 is 13.5. The molecular weight excluding hydrogens is 335 g/mol. The van der Waals surface area contributed by atoms with Crippen LogP contribution in [-0.2, 0) is 9.59 Å². The molecule has 3 N–H and O–H groups in total. The van der Waals surface area contributed by atoms with Crippen LogP contribution in [0.25, 0.3) is 5.57 Å². The van der Waals surface area contributed by atoms with Gasteiger partial charge in [-0.2, -0.15) is 0 Å². The number of carbonyl (C=O) groups is 2. The summed E-state index contributed by atoms with van der Waals surface area (Å²) in [6, 6.07) is 11.8. The predicted molar refractivity (Wildman–Crippen MR) is 98.3 cm³/mol. The summed E-state index contributed by atoms with van der Waals surface area (Å²) in [5.41, 5.74) is 3.28. The van der Waals surface area contributed by atoms with Gasteiger partial charge in [0, 0.05) is 41.9 Å². The number of fused-ring (bicyclic) bond motifs is 1. The van der Waals surface area contributed by atoms with E-state index in [1.165, 1.54) is 12.1 Å². The number of rotatable bonds is 3. The second kappa shape index (κ2) is 6.51. The largest absolute Gasteiger partial charge is 0.361 e. The minimum Gasteiger partial charge on any atom is -0.361 e. The molecule has 4 rings (SSSR count). The Balaban J connectivity index is 1.50. The van der Waals surface area contributed by atoms with E-state index in [-0.39, 0.29) is 17.6 Å². The summed E-state index contributed by atoms with van der Waals surface area (Å²) in [5.74, 6) is -0.642. The van der Waals surface area contributed by atoms with Gasteiger partial charge < -0.3 is 20.9 Å². The van der Waals surface area contributed by atoms with Crippen molar-refractivity contribution in [2.45, 2.75) is 0 Å². The second-order valence-electron chi connectivity index (χ2n) is 6.16. The van der Waals surface area contributed by atoms with Crippen molar-refractivity contribution < 1.29 is 14.0 Å². The SMILES string of the molecule is O=C1CN(c2ccc(NC=C3C(=O)Nc4ccc(F)cc43)cc2)CCN1. The first-order valence-corrected chi connectivity index (χ1v) is 8.30. The fourth-order valence-electron chi connectivity index (χ4n) is 3.09. The quantitative estimate of drug-likeness (QED) is 0.740. The molecule has 2 aromatic carbocycles. The summed E-state index contributed by atoms with van der Waals surface area (Å²) in [6.07, 6.45) is 1.57. The van der Waals surface area contributed by atoms with Gasteiger partial charge in [0.2, 0.25) is 5.91 Å². The van der Waals surface area contributed by atoms with Gasteiger partial charge in [0.05, 0.1) is 12.1 Å². The molecule has 2 aliphatic heterocycles. The molecule has 0 unspecified atom stereocenters. The number of nitrogens with one attached hydrogen (secondary N) is 3. The Morgan fingerprint density at radius 3 is 2.69 bits per heavy atom. The van der Waals surface area contributed by atoms with Crippen molar-refractivity contribution in [1.29, 1.82) is 0 Å². The molecule has 0 aliphatic carbocycles. The molecule has 26 heavy (non-hydrogen) atoms. The maximum absolute atomic E-state index is 13.5. The Bertz CT molecular complexity index is 908. The number of nitrogens with zero attached hydrogens (tertiary/aromatic N) is 1. The first-order chi connectivity index (χ1) is 12.6. The topological polar surface area (TPSA) is 73.5 Å². The third-order valence-corrected chi connectivity index (χ3v) is 4.42. The highest BCUT2D eigenvalue weighted by Crippen LogP contribution is 2.32. The molecule has 1 saturated heterocycles. The summed E-state index contributed by atoms with van der Waals surface area (Å²) >= 11 is 0. The maximum Gasteiger partial charge on any atom is 0.257 e. The van der Waals surface area contributed by atoms with Crippen LogP contribution in [0, 0.1) is 5.82 Å². The molecule has 0 saturated carbocycles. The van der Waals surface area contributed by atoms with Crippen molar-refractivity contribution in [1.82, 2.24) is 5.32 Å². The van der Waals surface area contributed by atoms with Crippen molar-refractivity contribution in [2.24, 2.45) is 0 Å². The molecule has 7 heteroatoms. The molecular formula is C19H17FN4O2. The van der Waals surface area contributed by atoms with Crippen LogP contribution in [0.15, 0.2) is 48.7 Å². The van der Waals surface area contributed by atoms with Gasteiger partial charge in [0.25, 0.3) is 5.91 Å². The second-order valence-corrected chi connectivity index (χ2v) is 6.16. The molecule has 0 atom stereocenters. The van der Waals surface area contributed by atoms with Gasteiger partial charge in [-0.3, -0.25) is 9.59 Å². The summed E-state index contributed by atoms with van der Waals surface area (Å²) in [4.78, 5) is 25.6. The number of halogens is 1. The smallest absolute Gasteiger partial charge is 0.257 e. The van der Waals surface area contributed by atoms with E-state index in [0.717, 1.165) is 17.9 Å². The molecule has 1 fully saturated rings. The number of benzene rings is 2. The summed E-state index contributed by atoms with van der Waals surface area (Å²) in [5, 5.41) is 8.58. The Morgan fingerprint density at radius 1 is 1.12 bits per heavy atom. The van der Waals surface area contributed by atoms with Crippen molar-refractivity contribution >= 4 is 34.4 Å². The zero-order valence-electron chi connectivity index (χ0n) is 13.9. The van der Waals surface area contributed by atoms with Crippen LogP contribution in [0.2, 0.25) is 0 Å². The van der Waals surface area contributed by atoms with Gasteiger partial charge in [-0.25, -0.2) is 4.39 Å². The Kier molecular flexibility index (Phi) is 4.04. The first-order valence-electron chi connectivity index (χ1n) is 8.30. The minimum atomic E-state index is -0.388. The number of anilines is 3. The maximum atomic E-state index is 13.5. The van der Waals surface area contributed by atoms with Crippen LogP contribution in [0.5, 0.6) is 0 Å². The van der Waals surface area contributed by atoms with Crippen LogP contribution >= 0.6 is 0 Å². The fraction of sp³-hybridized carbons (Fsp3) is 0.158. The fourth-order valence-corrected chi connectivity index (χ4v) is 3.09. The number of hydrogen-bond donors (Lipinski definition) is 3. The normalized spacial score (nSPS) is 17.7. The van der Waals surface area contributed by atoms with Gasteiger partial charge in [-0.1, -0.05) is 0 Å². The van der Waals surface area contributed by atoms with E-state index in [0.29, 0.717) is 29.9 Å². The Morgan fingerprint density at radius 2 is 1.92 bits per heavy atom. The van der Waals surface area contributed by atoms with Gasteiger partial charge in [0.15, 0.2) is 0 Å². The van der Waals surface area contributed by atoms with Gasteiger partial charge in [0.1, 0.15) is 5.82 Å². The molecule has 2 heterocycles. The highest BCUT2D eigenvalue weighted by Gasteiger charge is 2.24. The van der Waals surface area contributed by atoms with Gasteiger partial charge in [-0.15, -0.1) is 0 Å². The van der Waals surface area contributed by atoms with E-state index in [1.54, 1.807) is 12.3 Å². The zero-order valence-corrected chi connectivity index (χ0v) is 13.9. The Hall–Kier alpha value is -3.35. The highest BCUT2D eigenvalue weighted by molar-refractivity contribution is 6.31. The highest BCUT2D eigenvalue weighted by atomic mass is 19.1. The lowest BCUT2D eigenvalue weighted by molar-refractivity contribution is -0.120. The molecule has 2 amide bonds. The van der Waals surface area contributed by atoms with Crippen LogP contribution in [0.4, 0.5) is 21.5 Å². The molecule has 132 valence electrons. The van der Waals surface area contributed by atoms with E-state index in [1.807, 2.05) is 29.2 Å². The molecule has 0 bridgehead atoms. The number of hydrogen-bond acceptors (Lipinski definition) is 4. The lowest BCUT2D eigenvalue weighted by Gasteiger charge is -2.28. The number of amides is 2. The standard InChI is InChI=1S/C19H17FN4O2/c20-12-1-6-17-15(9-12)16(19(26)23-17)10-22-13-2-4-14(5-3-13)24-8-7-21-18(25)11-24/h1-6,9-10,22H,7-8,11H2,(H,21,25)(H,23,26). The zero-order chi connectivity index (χ0) is 18.1. The lowest BCUT2D eigenvalue weighted by Crippen LogP contribution is -2.47. The number of carbonyl (C=O) groups excluding carboxylic acids is 2. The van der Waals surface area contributed by atoms with E-state index < -0.39 is 0 Å². The first kappa shape index (κ1) is 16.1. The van der Waals surface area contributed by atoms with Crippen LogP contribution in [0.3, 0.4) is 0 Å². The average molecular weight is 352 g/mol. The van der Waals surface area contributed by atoms with E-state index in [4.69, 9.17) is 0 Å². The molecule has 0 aromatic heterocycles. The van der Waals surface area contributed by atoms with Crippen molar-refractivity contribution in [3.8, 4) is 0 Å². The van der Waals surface area contributed by atoms with Crippen molar-refractivity contribution in [3.05, 3.63) is 60.0 Å². The van der Waals surface area contributed by atoms with Crippen molar-refractivity contribution in [3.63, 3.8) is 0 Å². The summed E-state index contributed by atoms with van der Waals surface area (Å²) in [7, 11) is 0. The van der Waals surface area contributed by atoms with Crippen LogP contribution in [-0.4, -0.2) is 31.4 Å². The van der Waals surface area contributed by atoms with Gasteiger partial charge in [-0.05, 0) is 42.5 Å². The van der Waals surface area contributed by atoms with E-state index in [9.17, 15) is 14.0 Å². The predicted octanol–water partition coefficient (Wildman–Crippen LogP) is 2.17. The molecule has 0 spiro atoms. The van der Waals surface area contributed by atoms with E-state index in [2.05, 4.69) is 16.0 Å². The minimum absolute atomic E-state index is 0.0151. The summed E-state index contributed by atoms with van der Waals surface area (Å²) in [6.45, 7) is 1.75. The van der Waals surface area contributed by atoms with Crippen LogP contribution < -0.4 is 20.9 Å². The monoisotopic (exact) mass is 352 g/mol. The van der Waals surface area contributed by atoms with E-state index >= 15 is 0 Å². The van der Waals surface area contributed by atoms with Crippen LogP contribution in [0.1, 0.15) is 5.56 Å².